The molecule has 0 bridgehead atoms. The second-order valence-electron chi connectivity index (χ2n) is 4.16. The van der Waals surface area contributed by atoms with Gasteiger partial charge in [-0.3, -0.25) is 5.10 Å². The van der Waals surface area contributed by atoms with Crippen LogP contribution in [0, 0.1) is 5.82 Å². The van der Waals surface area contributed by atoms with Gasteiger partial charge < -0.3 is 5.11 Å². The Hall–Kier alpha value is -2.33. The number of carboxylic acids is 1. The first-order valence-electron chi connectivity index (χ1n) is 5.71. The zero-order valence-electron chi connectivity index (χ0n) is 10.7. The first-order valence-corrected chi connectivity index (χ1v) is 7.20. The fraction of sp³-hybridized carbons (Fsp3) is 0.182. The first kappa shape index (κ1) is 15.1. The Morgan fingerprint density at radius 3 is 2.76 bits per heavy atom. The van der Waals surface area contributed by atoms with E-state index in [0.717, 1.165) is 18.2 Å². The van der Waals surface area contributed by atoms with E-state index in [0.29, 0.717) is 0 Å². The predicted octanol–water partition coefficient (Wildman–Crippen LogP) is 0.681. The smallest absolute Gasteiger partial charge is 0.335 e. The number of aromatic nitrogens is 3. The molecular weight excluding hydrogens is 303 g/mol. The summed E-state index contributed by atoms with van der Waals surface area (Å²) in [6.45, 7) is 1.48. The molecular formula is C11H11FN4O4S. The Bertz CT molecular complexity index is 761. The summed E-state index contributed by atoms with van der Waals surface area (Å²) < 4.78 is 40.1. The van der Waals surface area contributed by atoms with Gasteiger partial charge in [0.05, 0.1) is 11.6 Å². The van der Waals surface area contributed by atoms with Crippen LogP contribution in [0.5, 0.6) is 0 Å². The summed E-state index contributed by atoms with van der Waals surface area (Å²) >= 11 is 0. The second kappa shape index (κ2) is 5.58. The molecule has 0 fully saturated rings. The molecule has 10 heteroatoms. The molecule has 112 valence electrons. The van der Waals surface area contributed by atoms with Gasteiger partial charge in [0.25, 0.3) is 0 Å². The third-order valence-corrected chi connectivity index (χ3v) is 4.20. The third-order valence-electron chi connectivity index (χ3n) is 2.64. The molecule has 0 aliphatic carbocycles. The zero-order chi connectivity index (χ0) is 15.6. The number of carboxylic acid groups (broad SMARTS) is 1. The number of hydrogen-bond donors (Lipinski definition) is 3. The molecule has 8 nitrogen and oxygen atoms in total. The van der Waals surface area contributed by atoms with Crippen LogP contribution in [0.1, 0.15) is 29.1 Å². The Balaban J connectivity index is 2.35. The fourth-order valence-electron chi connectivity index (χ4n) is 1.62. The summed E-state index contributed by atoms with van der Waals surface area (Å²) in [6, 6.07) is 1.74. The lowest BCUT2D eigenvalue weighted by atomic mass is 10.2. The predicted molar refractivity (Wildman–Crippen MR) is 68.5 cm³/mol. The molecule has 1 atom stereocenters. The van der Waals surface area contributed by atoms with Crippen molar-refractivity contribution in [3.05, 3.63) is 41.7 Å². The third kappa shape index (κ3) is 3.23. The van der Waals surface area contributed by atoms with Gasteiger partial charge in [-0.15, -0.1) is 0 Å². The Morgan fingerprint density at radius 1 is 1.48 bits per heavy atom. The molecule has 0 saturated carbocycles. The van der Waals surface area contributed by atoms with Crippen LogP contribution in [0.3, 0.4) is 0 Å². The van der Waals surface area contributed by atoms with E-state index in [2.05, 4.69) is 19.9 Å². The minimum absolute atomic E-state index is 0.244. The molecule has 21 heavy (non-hydrogen) atoms. The number of rotatable bonds is 5. The van der Waals surface area contributed by atoms with Crippen molar-refractivity contribution in [1.29, 1.82) is 0 Å². The summed E-state index contributed by atoms with van der Waals surface area (Å²) in [5.41, 5.74) is -0.330. The van der Waals surface area contributed by atoms with E-state index in [-0.39, 0.29) is 11.4 Å². The van der Waals surface area contributed by atoms with Gasteiger partial charge in [-0.25, -0.2) is 27.3 Å². The summed E-state index contributed by atoms with van der Waals surface area (Å²) in [7, 11) is -4.25. The van der Waals surface area contributed by atoms with Gasteiger partial charge >= 0.3 is 5.97 Å². The van der Waals surface area contributed by atoms with Crippen LogP contribution in [0.15, 0.2) is 29.4 Å². The molecule has 1 unspecified atom stereocenters. The van der Waals surface area contributed by atoms with E-state index in [9.17, 15) is 17.6 Å². The maximum Gasteiger partial charge on any atom is 0.335 e. The lowest BCUT2D eigenvalue weighted by Crippen LogP contribution is -2.28. The van der Waals surface area contributed by atoms with Crippen molar-refractivity contribution in [1.82, 2.24) is 19.9 Å². The van der Waals surface area contributed by atoms with E-state index in [1.165, 1.54) is 13.3 Å². The van der Waals surface area contributed by atoms with E-state index >= 15 is 0 Å². The standard InChI is InChI=1S/C11H11FN4O4S/c1-6(10-13-5-14-15-10)16-21(19,20)9-4-7(11(17)18)2-3-8(9)12/h2-6,16H,1H3,(H,17,18)(H,13,14,15). The van der Waals surface area contributed by atoms with Crippen molar-refractivity contribution in [2.75, 3.05) is 0 Å². The lowest BCUT2D eigenvalue weighted by molar-refractivity contribution is 0.0696. The number of H-pyrrole nitrogens is 1. The quantitative estimate of drug-likeness (QED) is 0.745. The highest BCUT2D eigenvalue weighted by Gasteiger charge is 2.24. The normalized spacial score (nSPS) is 13.0. The summed E-state index contributed by atoms with van der Waals surface area (Å²) in [5, 5.41) is 14.9. The van der Waals surface area contributed by atoms with Crippen LogP contribution in [0.25, 0.3) is 0 Å². The zero-order valence-corrected chi connectivity index (χ0v) is 11.6. The monoisotopic (exact) mass is 314 g/mol. The minimum atomic E-state index is -4.25. The molecule has 0 aliphatic heterocycles. The van der Waals surface area contributed by atoms with Crippen LogP contribution in [-0.2, 0) is 10.0 Å². The number of aromatic carboxylic acids is 1. The summed E-state index contributed by atoms with van der Waals surface area (Å²) in [5.74, 6) is -2.15. The largest absolute Gasteiger partial charge is 0.478 e. The molecule has 3 N–H and O–H groups in total. The number of sulfonamides is 1. The number of benzene rings is 1. The maximum atomic E-state index is 13.7. The topological polar surface area (TPSA) is 125 Å². The maximum absolute atomic E-state index is 13.7. The van der Waals surface area contributed by atoms with Crippen LogP contribution in [0.2, 0.25) is 0 Å². The van der Waals surface area contributed by atoms with Gasteiger partial charge in [-0.2, -0.15) is 5.10 Å². The molecule has 0 aliphatic rings. The SMILES string of the molecule is CC(NS(=O)(=O)c1cc(C(=O)O)ccc1F)c1ncn[nH]1. The van der Waals surface area contributed by atoms with Gasteiger partial charge in [0.2, 0.25) is 10.0 Å². The molecule has 0 amide bonds. The van der Waals surface area contributed by atoms with Gasteiger partial charge in [0.1, 0.15) is 22.9 Å². The average Bonchev–Trinajstić information content (AvgIpc) is 2.92. The highest BCUT2D eigenvalue weighted by atomic mass is 32.2. The minimum Gasteiger partial charge on any atom is -0.478 e. The van der Waals surface area contributed by atoms with Crippen molar-refractivity contribution in [3.63, 3.8) is 0 Å². The highest BCUT2D eigenvalue weighted by molar-refractivity contribution is 7.89. The molecule has 1 heterocycles. The number of carbonyl (C=O) groups is 1. The molecule has 2 aromatic rings. The fourth-order valence-corrected chi connectivity index (χ4v) is 2.93. The molecule has 0 saturated heterocycles. The van der Waals surface area contributed by atoms with Crippen molar-refractivity contribution >= 4 is 16.0 Å². The number of halogens is 1. The van der Waals surface area contributed by atoms with E-state index in [1.54, 1.807) is 0 Å². The van der Waals surface area contributed by atoms with E-state index in [1.807, 2.05) is 0 Å². The number of nitrogens with zero attached hydrogens (tertiary/aromatic N) is 2. The van der Waals surface area contributed by atoms with Crippen molar-refractivity contribution in [3.8, 4) is 0 Å². The van der Waals surface area contributed by atoms with Crippen molar-refractivity contribution in [2.45, 2.75) is 17.9 Å². The van der Waals surface area contributed by atoms with Crippen molar-refractivity contribution < 1.29 is 22.7 Å². The molecule has 0 radical (unpaired) electrons. The second-order valence-corrected chi connectivity index (χ2v) is 5.85. The van der Waals surface area contributed by atoms with Gasteiger partial charge in [-0.05, 0) is 25.1 Å². The molecule has 1 aromatic carbocycles. The van der Waals surface area contributed by atoms with Gasteiger partial charge in [0.15, 0.2) is 0 Å². The van der Waals surface area contributed by atoms with Crippen LogP contribution >= 0.6 is 0 Å². The Morgan fingerprint density at radius 2 is 2.19 bits per heavy atom. The van der Waals surface area contributed by atoms with Crippen LogP contribution < -0.4 is 4.72 Å². The number of hydrogen-bond acceptors (Lipinski definition) is 5. The molecule has 2 rings (SSSR count). The van der Waals surface area contributed by atoms with E-state index in [4.69, 9.17) is 5.11 Å². The lowest BCUT2D eigenvalue weighted by Gasteiger charge is -2.12. The number of aromatic amines is 1. The van der Waals surface area contributed by atoms with Crippen LogP contribution in [-0.4, -0.2) is 34.7 Å². The number of nitrogens with one attached hydrogen (secondary N) is 2. The molecule has 0 spiro atoms. The summed E-state index contributed by atoms with van der Waals surface area (Å²) in [4.78, 5) is 13.9. The first-order chi connectivity index (χ1) is 9.81. The van der Waals surface area contributed by atoms with Gasteiger partial charge in [-0.1, -0.05) is 0 Å². The van der Waals surface area contributed by atoms with Gasteiger partial charge in [0, 0.05) is 0 Å². The Kier molecular flexibility index (Phi) is 4.00. The average molecular weight is 314 g/mol. The highest BCUT2D eigenvalue weighted by Crippen LogP contribution is 2.19. The van der Waals surface area contributed by atoms with Crippen LogP contribution in [0.4, 0.5) is 4.39 Å². The molecule has 1 aromatic heterocycles. The Labute approximate surface area is 119 Å². The van der Waals surface area contributed by atoms with E-state index < -0.39 is 32.7 Å². The summed E-state index contributed by atoms with van der Waals surface area (Å²) in [6.07, 6.45) is 1.20. The van der Waals surface area contributed by atoms with Crippen molar-refractivity contribution in [2.24, 2.45) is 0 Å².